The van der Waals surface area contributed by atoms with Crippen LogP contribution in [0.15, 0.2) is 0 Å². The molecule has 1 saturated heterocycles. The van der Waals surface area contributed by atoms with Crippen LogP contribution >= 0.6 is 0 Å². The lowest BCUT2D eigenvalue weighted by Gasteiger charge is -2.30. The van der Waals surface area contributed by atoms with Crippen molar-refractivity contribution < 1.29 is 4.74 Å². The van der Waals surface area contributed by atoms with Gasteiger partial charge in [-0.05, 0) is 46.2 Å². The minimum absolute atomic E-state index is 0.251. The number of hydrogen-bond acceptors (Lipinski definition) is 3. The molecule has 1 saturated carbocycles. The second-order valence-electron chi connectivity index (χ2n) is 6.57. The summed E-state index contributed by atoms with van der Waals surface area (Å²) < 4.78 is 6.03. The lowest BCUT2D eigenvalue weighted by molar-refractivity contribution is 0.0148. The van der Waals surface area contributed by atoms with Crippen LogP contribution in [0.25, 0.3) is 0 Å². The molecule has 0 aromatic rings. The molecule has 1 N–H and O–H groups in total. The molecule has 0 aromatic carbocycles. The molecular weight excluding hydrogens is 224 g/mol. The number of nitrogens with zero attached hydrogens (tertiary/aromatic N) is 1. The standard InChI is InChI=1S/C15H30N2O/c1-15(2)13-17(10-6-9-16-15)11-12-18-14-7-4-3-5-8-14/h14,16H,3-13H2,1-2H3. The second-order valence-corrected chi connectivity index (χ2v) is 6.57. The highest BCUT2D eigenvalue weighted by molar-refractivity contribution is 4.84. The van der Waals surface area contributed by atoms with Crippen LogP contribution in [0, 0.1) is 0 Å². The van der Waals surface area contributed by atoms with Crippen LogP contribution in [-0.2, 0) is 4.74 Å². The van der Waals surface area contributed by atoms with E-state index in [-0.39, 0.29) is 5.54 Å². The monoisotopic (exact) mass is 254 g/mol. The Bertz CT molecular complexity index is 237. The molecular formula is C15H30N2O. The summed E-state index contributed by atoms with van der Waals surface area (Å²) in [6, 6.07) is 0. The van der Waals surface area contributed by atoms with E-state index in [4.69, 9.17) is 4.74 Å². The molecule has 1 aliphatic heterocycles. The minimum atomic E-state index is 0.251. The average molecular weight is 254 g/mol. The molecule has 3 nitrogen and oxygen atoms in total. The molecule has 0 atom stereocenters. The molecule has 2 fully saturated rings. The number of nitrogens with one attached hydrogen (secondary N) is 1. The highest BCUT2D eigenvalue weighted by atomic mass is 16.5. The Balaban J connectivity index is 1.65. The van der Waals surface area contributed by atoms with E-state index in [1.807, 2.05) is 0 Å². The second kappa shape index (κ2) is 6.88. The van der Waals surface area contributed by atoms with Gasteiger partial charge in [-0.15, -0.1) is 0 Å². The summed E-state index contributed by atoms with van der Waals surface area (Å²) >= 11 is 0. The van der Waals surface area contributed by atoms with Crippen LogP contribution < -0.4 is 5.32 Å². The third-order valence-corrected chi connectivity index (χ3v) is 4.19. The van der Waals surface area contributed by atoms with Crippen LogP contribution in [0.2, 0.25) is 0 Å². The Hall–Kier alpha value is -0.120. The topological polar surface area (TPSA) is 24.5 Å². The van der Waals surface area contributed by atoms with Crippen molar-refractivity contribution >= 4 is 0 Å². The summed E-state index contributed by atoms with van der Waals surface area (Å²) in [4.78, 5) is 2.56. The van der Waals surface area contributed by atoms with Gasteiger partial charge in [0.25, 0.3) is 0 Å². The minimum Gasteiger partial charge on any atom is -0.377 e. The molecule has 0 bridgehead atoms. The third-order valence-electron chi connectivity index (χ3n) is 4.19. The van der Waals surface area contributed by atoms with Gasteiger partial charge in [-0.3, -0.25) is 4.90 Å². The predicted molar refractivity (Wildman–Crippen MR) is 76.0 cm³/mol. The molecule has 0 radical (unpaired) electrons. The van der Waals surface area contributed by atoms with Crippen molar-refractivity contribution in [3.05, 3.63) is 0 Å². The Kier molecular flexibility index (Phi) is 5.46. The Morgan fingerprint density at radius 3 is 2.72 bits per heavy atom. The van der Waals surface area contributed by atoms with Gasteiger partial charge in [-0.25, -0.2) is 0 Å². The van der Waals surface area contributed by atoms with Gasteiger partial charge in [-0.1, -0.05) is 19.3 Å². The van der Waals surface area contributed by atoms with Gasteiger partial charge < -0.3 is 10.1 Å². The largest absolute Gasteiger partial charge is 0.377 e. The zero-order valence-electron chi connectivity index (χ0n) is 12.2. The average Bonchev–Trinajstić information content (AvgIpc) is 2.51. The van der Waals surface area contributed by atoms with Crippen molar-refractivity contribution in [1.29, 1.82) is 0 Å². The molecule has 3 heteroatoms. The number of ether oxygens (including phenoxy) is 1. The van der Waals surface area contributed by atoms with E-state index in [9.17, 15) is 0 Å². The molecule has 0 unspecified atom stereocenters. The van der Waals surface area contributed by atoms with Gasteiger partial charge in [-0.2, -0.15) is 0 Å². The molecule has 0 spiro atoms. The van der Waals surface area contributed by atoms with Crippen molar-refractivity contribution in [1.82, 2.24) is 10.2 Å². The molecule has 2 rings (SSSR count). The molecule has 1 heterocycles. The van der Waals surface area contributed by atoms with E-state index in [1.54, 1.807) is 0 Å². The van der Waals surface area contributed by atoms with Crippen LogP contribution in [0.3, 0.4) is 0 Å². The first-order chi connectivity index (χ1) is 8.66. The van der Waals surface area contributed by atoms with E-state index >= 15 is 0 Å². The summed E-state index contributed by atoms with van der Waals surface area (Å²) in [6.45, 7) is 10.1. The maximum absolute atomic E-state index is 6.03. The SMILES string of the molecule is CC1(C)CN(CCOC2CCCCC2)CCCN1. The Labute approximate surface area is 112 Å². The number of hydrogen-bond donors (Lipinski definition) is 1. The van der Waals surface area contributed by atoms with Crippen molar-refractivity contribution in [3.8, 4) is 0 Å². The molecule has 106 valence electrons. The zero-order valence-corrected chi connectivity index (χ0v) is 12.2. The maximum Gasteiger partial charge on any atom is 0.0597 e. The molecule has 2 aliphatic rings. The Morgan fingerprint density at radius 2 is 1.94 bits per heavy atom. The van der Waals surface area contributed by atoms with Gasteiger partial charge in [0.2, 0.25) is 0 Å². The van der Waals surface area contributed by atoms with Crippen LogP contribution in [0.1, 0.15) is 52.4 Å². The van der Waals surface area contributed by atoms with E-state index < -0.39 is 0 Å². The summed E-state index contributed by atoms with van der Waals surface area (Å²) in [6.07, 6.45) is 8.52. The molecule has 0 aromatic heterocycles. The fourth-order valence-corrected chi connectivity index (χ4v) is 3.19. The third kappa shape index (κ3) is 4.87. The normalized spacial score (nSPS) is 27.0. The highest BCUT2D eigenvalue weighted by Crippen LogP contribution is 2.20. The van der Waals surface area contributed by atoms with E-state index in [1.165, 1.54) is 45.1 Å². The van der Waals surface area contributed by atoms with E-state index in [0.29, 0.717) is 6.10 Å². The first-order valence-electron chi connectivity index (χ1n) is 7.75. The quantitative estimate of drug-likeness (QED) is 0.834. The summed E-state index contributed by atoms with van der Waals surface area (Å²) in [5.74, 6) is 0. The van der Waals surface area contributed by atoms with Crippen LogP contribution in [-0.4, -0.2) is 49.3 Å². The van der Waals surface area contributed by atoms with Crippen molar-refractivity contribution in [2.45, 2.75) is 64.0 Å². The summed E-state index contributed by atoms with van der Waals surface area (Å²) in [7, 11) is 0. The summed E-state index contributed by atoms with van der Waals surface area (Å²) in [5, 5.41) is 3.61. The van der Waals surface area contributed by atoms with Gasteiger partial charge in [0, 0.05) is 18.6 Å². The first-order valence-corrected chi connectivity index (χ1v) is 7.75. The van der Waals surface area contributed by atoms with Crippen LogP contribution in [0.4, 0.5) is 0 Å². The zero-order chi connectivity index (χ0) is 12.8. The maximum atomic E-state index is 6.03. The Morgan fingerprint density at radius 1 is 1.17 bits per heavy atom. The lowest BCUT2D eigenvalue weighted by atomic mass is 9.98. The van der Waals surface area contributed by atoms with Gasteiger partial charge in [0.15, 0.2) is 0 Å². The molecule has 18 heavy (non-hydrogen) atoms. The predicted octanol–water partition coefficient (Wildman–Crippen LogP) is 2.41. The van der Waals surface area contributed by atoms with Crippen molar-refractivity contribution in [2.75, 3.05) is 32.8 Å². The highest BCUT2D eigenvalue weighted by Gasteiger charge is 2.23. The van der Waals surface area contributed by atoms with Gasteiger partial charge in [0.05, 0.1) is 12.7 Å². The van der Waals surface area contributed by atoms with Crippen LogP contribution in [0.5, 0.6) is 0 Å². The molecule has 1 aliphatic carbocycles. The first kappa shape index (κ1) is 14.3. The van der Waals surface area contributed by atoms with Gasteiger partial charge in [0.1, 0.15) is 0 Å². The summed E-state index contributed by atoms with van der Waals surface area (Å²) in [5.41, 5.74) is 0.251. The lowest BCUT2D eigenvalue weighted by Crippen LogP contribution is -2.47. The smallest absolute Gasteiger partial charge is 0.0597 e. The van der Waals surface area contributed by atoms with E-state index in [2.05, 4.69) is 24.1 Å². The van der Waals surface area contributed by atoms with Gasteiger partial charge >= 0.3 is 0 Å². The van der Waals surface area contributed by atoms with E-state index in [0.717, 1.165) is 26.2 Å². The van der Waals surface area contributed by atoms with Crippen molar-refractivity contribution in [3.63, 3.8) is 0 Å². The number of rotatable bonds is 4. The molecule has 0 amide bonds. The fraction of sp³-hybridized carbons (Fsp3) is 1.00. The van der Waals surface area contributed by atoms with Crippen molar-refractivity contribution in [2.24, 2.45) is 0 Å². The fourth-order valence-electron chi connectivity index (χ4n) is 3.19.